The van der Waals surface area contributed by atoms with Crippen molar-refractivity contribution in [1.82, 2.24) is 9.62 Å². The average molecular weight is 395 g/mol. The van der Waals surface area contributed by atoms with Crippen LogP contribution in [0.2, 0.25) is 0 Å². The molecule has 0 aliphatic heterocycles. The van der Waals surface area contributed by atoms with Gasteiger partial charge in [-0.05, 0) is 56.7 Å². The van der Waals surface area contributed by atoms with Crippen molar-refractivity contribution < 1.29 is 18.3 Å². The van der Waals surface area contributed by atoms with Crippen LogP contribution in [0.15, 0.2) is 29.2 Å². The molecule has 3 rings (SSSR count). The third-order valence-electron chi connectivity index (χ3n) is 5.89. The van der Waals surface area contributed by atoms with Crippen LogP contribution >= 0.6 is 0 Å². The minimum Gasteiger partial charge on any atom is -0.393 e. The second kappa shape index (κ2) is 8.71. The molecule has 6 nitrogen and oxygen atoms in total. The first-order valence-corrected chi connectivity index (χ1v) is 11.4. The summed E-state index contributed by atoms with van der Waals surface area (Å²) in [6.45, 7) is 0. The molecule has 2 N–H and O–H groups in total. The highest BCUT2D eigenvalue weighted by Gasteiger charge is 2.29. The minimum atomic E-state index is -3.61. The Kier molecular flexibility index (Phi) is 6.55. The summed E-state index contributed by atoms with van der Waals surface area (Å²) < 4.78 is 27.5. The van der Waals surface area contributed by atoms with E-state index in [1.54, 1.807) is 25.2 Å². The Hall–Kier alpha value is -1.44. The number of carbonyl (C=O) groups excluding carboxylic acids is 1. The fourth-order valence-corrected chi connectivity index (χ4v) is 5.56. The first-order chi connectivity index (χ1) is 12.9. The van der Waals surface area contributed by atoms with Crippen molar-refractivity contribution in [3.05, 3.63) is 29.8 Å². The summed E-state index contributed by atoms with van der Waals surface area (Å²) in [5, 5.41) is 12.5. The van der Waals surface area contributed by atoms with Gasteiger partial charge in [-0.25, -0.2) is 8.42 Å². The molecule has 0 saturated heterocycles. The molecule has 2 fully saturated rings. The fourth-order valence-electron chi connectivity index (χ4n) is 4.09. The Bertz CT molecular complexity index is 751. The van der Waals surface area contributed by atoms with E-state index in [0.29, 0.717) is 18.4 Å². The Morgan fingerprint density at radius 2 is 1.74 bits per heavy atom. The summed E-state index contributed by atoms with van der Waals surface area (Å²) in [6.07, 6.45) is 7.65. The molecule has 2 saturated carbocycles. The highest BCUT2D eigenvalue weighted by Crippen LogP contribution is 2.27. The van der Waals surface area contributed by atoms with Gasteiger partial charge in [-0.3, -0.25) is 4.79 Å². The van der Waals surface area contributed by atoms with Gasteiger partial charge in [-0.15, -0.1) is 0 Å². The zero-order chi connectivity index (χ0) is 19.4. The van der Waals surface area contributed by atoms with E-state index in [4.69, 9.17) is 0 Å². The van der Waals surface area contributed by atoms with Crippen LogP contribution in [0.3, 0.4) is 0 Å². The lowest BCUT2D eigenvalue weighted by atomic mass is 9.93. The first-order valence-electron chi connectivity index (χ1n) is 9.95. The number of rotatable bonds is 5. The highest BCUT2D eigenvalue weighted by atomic mass is 32.2. The number of hydrogen-bond donors (Lipinski definition) is 2. The second-order valence-electron chi connectivity index (χ2n) is 7.82. The lowest BCUT2D eigenvalue weighted by molar-refractivity contribution is 0.0867. The van der Waals surface area contributed by atoms with E-state index in [-0.39, 0.29) is 29.0 Å². The lowest BCUT2D eigenvalue weighted by Crippen LogP contribution is -2.39. The van der Waals surface area contributed by atoms with Crippen molar-refractivity contribution in [2.24, 2.45) is 0 Å². The summed E-state index contributed by atoms with van der Waals surface area (Å²) in [6, 6.07) is 6.37. The van der Waals surface area contributed by atoms with Gasteiger partial charge in [0.1, 0.15) is 0 Å². The summed E-state index contributed by atoms with van der Waals surface area (Å²) in [7, 11) is -1.97. The van der Waals surface area contributed by atoms with E-state index in [1.165, 1.54) is 10.4 Å². The minimum absolute atomic E-state index is 0.0334. The van der Waals surface area contributed by atoms with E-state index < -0.39 is 10.0 Å². The number of benzene rings is 1. The van der Waals surface area contributed by atoms with Crippen LogP contribution in [0.1, 0.15) is 68.1 Å². The number of amides is 1. The van der Waals surface area contributed by atoms with Gasteiger partial charge in [0.2, 0.25) is 10.0 Å². The van der Waals surface area contributed by atoms with Crippen molar-refractivity contribution in [2.75, 3.05) is 7.05 Å². The van der Waals surface area contributed by atoms with Crippen LogP contribution in [-0.4, -0.2) is 49.0 Å². The van der Waals surface area contributed by atoms with Gasteiger partial charge in [0.25, 0.3) is 5.91 Å². The summed E-state index contributed by atoms with van der Waals surface area (Å²) in [5.74, 6) is -0.256. The third-order valence-corrected chi connectivity index (χ3v) is 7.80. The van der Waals surface area contributed by atoms with Gasteiger partial charge in [-0.2, -0.15) is 4.31 Å². The van der Waals surface area contributed by atoms with Crippen LogP contribution < -0.4 is 5.32 Å². The molecule has 27 heavy (non-hydrogen) atoms. The Labute approximate surface area is 162 Å². The van der Waals surface area contributed by atoms with Crippen LogP contribution in [0.5, 0.6) is 0 Å². The van der Waals surface area contributed by atoms with Gasteiger partial charge < -0.3 is 10.4 Å². The maximum Gasteiger partial charge on any atom is 0.251 e. The molecule has 2 aliphatic rings. The number of nitrogens with one attached hydrogen (secondary N) is 1. The van der Waals surface area contributed by atoms with Gasteiger partial charge >= 0.3 is 0 Å². The third kappa shape index (κ3) is 4.89. The Morgan fingerprint density at radius 1 is 1.07 bits per heavy atom. The number of carbonyl (C=O) groups is 1. The van der Waals surface area contributed by atoms with Gasteiger partial charge in [-0.1, -0.05) is 25.3 Å². The summed E-state index contributed by atoms with van der Waals surface area (Å²) in [4.78, 5) is 12.7. The first kappa shape index (κ1) is 20.3. The van der Waals surface area contributed by atoms with Crippen LogP contribution in [0.4, 0.5) is 0 Å². The number of aliphatic hydroxyl groups excluding tert-OH is 1. The molecule has 0 atom stereocenters. The Balaban J connectivity index is 1.71. The second-order valence-corrected chi connectivity index (χ2v) is 9.82. The van der Waals surface area contributed by atoms with Crippen molar-refractivity contribution in [2.45, 2.75) is 80.9 Å². The highest BCUT2D eigenvalue weighted by molar-refractivity contribution is 7.89. The molecule has 1 amide bonds. The molecular formula is C20H30N2O4S. The largest absolute Gasteiger partial charge is 0.393 e. The molecule has 7 heteroatoms. The monoisotopic (exact) mass is 394 g/mol. The van der Waals surface area contributed by atoms with E-state index in [0.717, 1.165) is 44.9 Å². The van der Waals surface area contributed by atoms with Gasteiger partial charge in [0.05, 0.1) is 11.0 Å². The molecule has 0 unspecified atom stereocenters. The zero-order valence-corrected chi connectivity index (χ0v) is 16.7. The molecular weight excluding hydrogens is 364 g/mol. The van der Waals surface area contributed by atoms with Crippen LogP contribution in [-0.2, 0) is 10.0 Å². The molecule has 2 aliphatic carbocycles. The quantitative estimate of drug-likeness (QED) is 0.804. The molecule has 0 aromatic heterocycles. The van der Waals surface area contributed by atoms with E-state index in [1.807, 2.05) is 0 Å². The van der Waals surface area contributed by atoms with E-state index in [2.05, 4.69) is 5.32 Å². The summed E-state index contributed by atoms with van der Waals surface area (Å²) in [5.41, 5.74) is 0.360. The predicted octanol–water partition coefficient (Wildman–Crippen LogP) is 2.67. The van der Waals surface area contributed by atoms with Gasteiger partial charge in [0, 0.05) is 24.7 Å². The van der Waals surface area contributed by atoms with Crippen molar-refractivity contribution in [3.8, 4) is 0 Å². The molecule has 0 bridgehead atoms. The molecule has 1 aromatic rings. The van der Waals surface area contributed by atoms with Crippen molar-refractivity contribution in [1.29, 1.82) is 0 Å². The molecule has 0 heterocycles. The maximum atomic E-state index is 13.0. The zero-order valence-electron chi connectivity index (χ0n) is 15.9. The average Bonchev–Trinajstić information content (AvgIpc) is 2.70. The number of hydrogen-bond acceptors (Lipinski definition) is 4. The number of nitrogens with zero attached hydrogens (tertiary/aromatic N) is 1. The van der Waals surface area contributed by atoms with Gasteiger partial charge in [0.15, 0.2) is 0 Å². The smallest absolute Gasteiger partial charge is 0.251 e. The normalized spacial score (nSPS) is 24.7. The van der Waals surface area contributed by atoms with Crippen molar-refractivity contribution in [3.63, 3.8) is 0 Å². The molecule has 1 aromatic carbocycles. The van der Waals surface area contributed by atoms with E-state index in [9.17, 15) is 18.3 Å². The van der Waals surface area contributed by atoms with E-state index >= 15 is 0 Å². The fraction of sp³-hybridized carbons (Fsp3) is 0.650. The number of aliphatic hydroxyl groups is 1. The predicted molar refractivity (Wildman–Crippen MR) is 104 cm³/mol. The number of sulfonamides is 1. The summed E-state index contributed by atoms with van der Waals surface area (Å²) >= 11 is 0. The molecule has 0 spiro atoms. The topological polar surface area (TPSA) is 86.7 Å². The van der Waals surface area contributed by atoms with Crippen LogP contribution in [0, 0.1) is 0 Å². The standard InChI is InChI=1S/C20H30N2O4S/c1-22(17-7-3-2-4-8-17)27(25,26)19-9-5-6-15(14-19)20(24)21-16-10-12-18(23)13-11-16/h5-6,9,14,16-18,23H,2-4,7-8,10-13H2,1H3,(H,21,24). The SMILES string of the molecule is CN(C1CCCCC1)S(=O)(=O)c1cccc(C(=O)NC2CCC(O)CC2)c1. The molecule has 0 radical (unpaired) electrons. The Morgan fingerprint density at radius 3 is 2.41 bits per heavy atom. The van der Waals surface area contributed by atoms with Crippen molar-refractivity contribution >= 4 is 15.9 Å². The van der Waals surface area contributed by atoms with Crippen LogP contribution in [0.25, 0.3) is 0 Å². The lowest BCUT2D eigenvalue weighted by Gasteiger charge is -2.30. The maximum absolute atomic E-state index is 13.0. The molecule has 150 valence electrons.